The van der Waals surface area contributed by atoms with Crippen molar-refractivity contribution in [2.24, 2.45) is 5.73 Å². The van der Waals surface area contributed by atoms with Gasteiger partial charge in [-0.05, 0) is 12.1 Å². The van der Waals surface area contributed by atoms with E-state index in [-0.39, 0.29) is 0 Å². The summed E-state index contributed by atoms with van der Waals surface area (Å²) in [6.45, 7) is 1.34. The van der Waals surface area contributed by atoms with Crippen molar-refractivity contribution in [3.63, 3.8) is 0 Å². The minimum Gasteiger partial charge on any atom is -0.497 e. The molecule has 90 valence electrons. The first kappa shape index (κ1) is 11.5. The monoisotopic (exact) mass is 232 g/mol. The molecule has 0 amide bonds. The summed E-state index contributed by atoms with van der Waals surface area (Å²) >= 11 is 0. The number of hydrogen-bond donors (Lipinski definition) is 2. The van der Waals surface area contributed by atoms with Crippen LogP contribution >= 0.6 is 0 Å². The molecule has 1 aromatic heterocycles. The lowest BCUT2D eigenvalue weighted by atomic mass is 10.3. The van der Waals surface area contributed by atoms with E-state index < -0.39 is 0 Å². The second-order valence-electron chi connectivity index (χ2n) is 3.59. The lowest BCUT2D eigenvalue weighted by Crippen LogP contribution is -2.12. The molecule has 17 heavy (non-hydrogen) atoms. The van der Waals surface area contributed by atoms with Gasteiger partial charge in [0.25, 0.3) is 0 Å². The zero-order valence-electron chi connectivity index (χ0n) is 9.76. The third-order valence-electron chi connectivity index (χ3n) is 2.37. The smallest absolute Gasteiger partial charge is 0.121 e. The van der Waals surface area contributed by atoms with Crippen molar-refractivity contribution in [2.75, 3.05) is 25.5 Å². The lowest BCUT2D eigenvalue weighted by Gasteiger charge is -2.04. The van der Waals surface area contributed by atoms with Gasteiger partial charge in [-0.15, -0.1) is 0 Å². The van der Waals surface area contributed by atoms with Crippen molar-refractivity contribution in [2.45, 2.75) is 0 Å². The SMILES string of the molecule is COc1cccc(-n2cc(NCCN)cn2)c1. The zero-order chi connectivity index (χ0) is 12.1. The molecule has 0 aliphatic rings. The van der Waals surface area contributed by atoms with Crippen molar-refractivity contribution in [3.8, 4) is 11.4 Å². The normalized spacial score (nSPS) is 10.2. The topological polar surface area (TPSA) is 65.1 Å². The van der Waals surface area contributed by atoms with E-state index in [0.29, 0.717) is 6.54 Å². The van der Waals surface area contributed by atoms with Crippen LogP contribution in [0.2, 0.25) is 0 Å². The Hall–Kier alpha value is -2.01. The minimum atomic E-state index is 0.602. The fourth-order valence-corrected chi connectivity index (χ4v) is 1.52. The minimum absolute atomic E-state index is 0.602. The molecular weight excluding hydrogens is 216 g/mol. The Morgan fingerprint density at radius 2 is 2.35 bits per heavy atom. The van der Waals surface area contributed by atoms with Gasteiger partial charge in [0.2, 0.25) is 0 Å². The number of ether oxygens (including phenoxy) is 1. The molecule has 5 nitrogen and oxygen atoms in total. The number of anilines is 1. The maximum Gasteiger partial charge on any atom is 0.121 e. The van der Waals surface area contributed by atoms with Crippen LogP contribution in [0.4, 0.5) is 5.69 Å². The van der Waals surface area contributed by atoms with E-state index in [1.807, 2.05) is 30.5 Å². The van der Waals surface area contributed by atoms with E-state index in [9.17, 15) is 0 Å². The second kappa shape index (κ2) is 5.36. The summed E-state index contributed by atoms with van der Waals surface area (Å²) in [6, 6.07) is 7.74. The summed E-state index contributed by atoms with van der Waals surface area (Å²) < 4.78 is 6.97. The molecule has 0 saturated heterocycles. The van der Waals surface area contributed by atoms with Gasteiger partial charge in [0.15, 0.2) is 0 Å². The second-order valence-corrected chi connectivity index (χ2v) is 3.59. The van der Waals surface area contributed by atoms with Crippen LogP contribution < -0.4 is 15.8 Å². The molecule has 2 rings (SSSR count). The highest BCUT2D eigenvalue weighted by Gasteiger charge is 2.01. The molecule has 0 radical (unpaired) electrons. The molecule has 2 aromatic rings. The summed E-state index contributed by atoms with van der Waals surface area (Å²) in [6.07, 6.45) is 3.69. The summed E-state index contributed by atoms with van der Waals surface area (Å²) in [5, 5.41) is 7.45. The van der Waals surface area contributed by atoms with E-state index in [4.69, 9.17) is 10.5 Å². The molecular formula is C12H16N4O. The summed E-state index contributed by atoms with van der Waals surface area (Å²) in [4.78, 5) is 0. The van der Waals surface area contributed by atoms with Crippen LogP contribution in [-0.2, 0) is 0 Å². The fourth-order valence-electron chi connectivity index (χ4n) is 1.52. The number of hydrogen-bond acceptors (Lipinski definition) is 4. The number of methoxy groups -OCH3 is 1. The van der Waals surface area contributed by atoms with E-state index in [2.05, 4.69) is 10.4 Å². The molecule has 0 bridgehead atoms. The quantitative estimate of drug-likeness (QED) is 0.814. The summed E-state index contributed by atoms with van der Waals surface area (Å²) in [5.41, 5.74) is 7.35. The average Bonchev–Trinajstić information content (AvgIpc) is 2.85. The first-order valence-electron chi connectivity index (χ1n) is 5.46. The van der Waals surface area contributed by atoms with Crippen molar-refractivity contribution >= 4 is 5.69 Å². The molecule has 1 aromatic carbocycles. The Kier molecular flexibility index (Phi) is 3.62. The molecule has 0 aliphatic carbocycles. The van der Waals surface area contributed by atoms with Gasteiger partial charge in [0.05, 0.1) is 30.9 Å². The van der Waals surface area contributed by atoms with Crippen LogP contribution in [0.15, 0.2) is 36.7 Å². The predicted molar refractivity (Wildman–Crippen MR) is 67.7 cm³/mol. The standard InChI is InChI=1S/C12H16N4O/c1-17-12-4-2-3-11(7-12)16-9-10(8-15-16)14-6-5-13/h2-4,7-9,14H,5-6,13H2,1H3. The zero-order valence-corrected chi connectivity index (χ0v) is 9.76. The highest BCUT2D eigenvalue weighted by molar-refractivity contribution is 5.44. The van der Waals surface area contributed by atoms with Crippen molar-refractivity contribution < 1.29 is 4.74 Å². The predicted octanol–water partition coefficient (Wildman–Crippen LogP) is 1.25. The number of nitrogens with two attached hydrogens (primary N) is 1. The van der Waals surface area contributed by atoms with Crippen LogP contribution in [0.25, 0.3) is 5.69 Å². The number of rotatable bonds is 5. The maximum atomic E-state index is 5.43. The van der Waals surface area contributed by atoms with Crippen molar-refractivity contribution in [3.05, 3.63) is 36.7 Å². The summed E-state index contributed by atoms with van der Waals surface area (Å²) in [5.74, 6) is 0.814. The Morgan fingerprint density at radius 3 is 3.12 bits per heavy atom. The van der Waals surface area contributed by atoms with Gasteiger partial charge in [-0.25, -0.2) is 4.68 Å². The van der Waals surface area contributed by atoms with Crippen LogP contribution in [0.3, 0.4) is 0 Å². The number of nitrogens with zero attached hydrogens (tertiary/aromatic N) is 2. The van der Waals surface area contributed by atoms with Crippen LogP contribution in [-0.4, -0.2) is 30.0 Å². The number of benzene rings is 1. The lowest BCUT2D eigenvalue weighted by molar-refractivity contribution is 0.414. The molecule has 0 aliphatic heterocycles. The summed E-state index contributed by atoms with van der Waals surface area (Å²) in [7, 11) is 1.65. The maximum absolute atomic E-state index is 5.43. The Morgan fingerprint density at radius 1 is 1.47 bits per heavy atom. The average molecular weight is 232 g/mol. The molecule has 5 heteroatoms. The first-order valence-corrected chi connectivity index (χ1v) is 5.46. The van der Waals surface area contributed by atoms with Gasteiger partial charge >= 0.3 is 0 Å². The third kappa shape index (κ3) is 2.76. The number of nitrogens with one attached hydrogen (secondary N) is 1. The molecule has 0 fully saturated rings. The molecule has 0 spiro atoms. The first-order chi connectivity index (χ1) is 8.33. The Labute approximate surface area is 100 Å². The third-order valence-corrected chi connectivity index (χ3v) is 2.37. The molecule has 0 saturated carbocycles. The molecule has 0 unspecified atom stereocenters. The molecule has 1 heterocycles. The Bertz CT molecular complexity index is 481. The molecule has 3 N–H and O–H groups in total. The largest absolute Gasteiger partial charge is 0.497 e. The number of aromatic nitrogens is 2. The van der Waals surface area contributed by atoms with Gasteiger partial charge in [0.1, 0.15) is 5.75 Å². The molecule has 0 atom stereocenters. The highest BCUT2D eigenvalue weighted by atomic mass is 16.5. The van der Waals surface area contributed by atoms with Crippen LogP contribution in [0.5, 0.6) is 5.75 Å². The van der Waals surface area contributed by atoms with E-state index >= 15 is 0 Å². The van der Waals surface area contributed by atoms with Gasteiger partial charge in [0, 0.05) is 19.2 Å². The van der Waals surface area contributed by atoms with Gasteiger partial charge in [-0.3, -0.25) is 0 Å². The van der Waals surface area contributed by atoms with E-state index in [0.717, 1.165) is 23.7 Å². The Balaban J connectivity index is 2.18. The van der Waals surface area contributed by atoms with Gasteiger partial charge in [-0.2, -0.15) is 5.10 Å². The van der Waals surface area contributed by atoms with Crippen molar-refractivity contribution in [1.82, 2.24) is 9.78 Å². The fraction of sp³-hybridized carbons (Fsp3) is 0.250. The van der Waals surface area contributed by atoms with Crippen LogP contribution in [0.1, 0.15) is 0 Å². The van der Waals surface area contributed by atoms with Gasteiger partial charge < -0.3 is 15.8 Å². The van der Waals surface area contributed by atoms with Crippen LogP contribution in [0, 0.1) is 0 Å². The van der Waals surface area contributed by atoms with E-state index in [1.165, 1.54) is 0 Å². The highest BCUT2D eigenvalue weighted by Crippen LogP contribution is 2.17. The van der Waals surface area contributed by atoms with Crippen molar-refractivity contribution in [1.29, 1.82) is 0 Å². The van der Waals surface area contributed by atoms with E-state index in [1.54, 1.807) is 18.0 Å². The van der Waals surface area contributed by atoms with Gasteiger partial charge in [-0.1, -0.05) is 6.07 Å².